The third-order valence-electron chi connectivity index (χ3n) is 7.49. The molecule has 3 aliphatic heterocycles. The van der Waals surface area contributed by atoms with Crippen LogP contribution in [0.3, 0.4) is 0 Å². The molecule has 0 saturated carbocycles. The fraction of sp³-hybridized carbons (Fsp3) is 0.464. The molecule has 0 aliphatic carbocycles. The van der Waals surface area contributed by atoms with Gasteiger partial charge in [-0.1, -0.05) is 12.1 Å². The number of carbonyl (C=O) groups is 3. The molecule has 3 aliphatic rings. The fourth-order valence-corrected chi connectivity index (χ4v) is 5.11. The standard InChI is InChI=1S/C28H35N5O5/c1-19-3-5-22(13-20(19)2)30-26(34)15-23-28(36)29-7-8-33(23)27(35)17-32-11-9-31(10-12-32)16-21-4-6-24-25(14-21)38-18-37-24/h3-6,13-14,23H,7-12,15-18H2,1-2H3,(H,29,36)(H,30,34)/t23-/m1/s1. The molecule has 0 aromatic heterocycles. The van der Waals surface area contributed by atoms with E-state index in [4.69, 9.17) is 9.47 Å². The van der Waals surface area contributed by atoms with E-state index in [1.807, 2.05) is 44.2 Å². The van der Waals surface area contributed by atoms with Crippen molar-refractivity contribution in [3.63, 3.8) is 0 Å². The highest BCUT2D eigenvalue weighted by Crippen LogP contribution is 2.32. The van der Waals surface area contributed by atoms with Gasteiger partial charge < -0.3 is 25.0 Å². The number of nitrogens with zero attached hydrogens (tertiary/aromatic N) is 3. The Hall–Kier alpha value is -3.63. The summed E-state index contributed by atoms with van der Waals surface area (Å²) in [6.07, 6.45) is -0.0756. The van der Waals surface area contributed by atoms with Crippen LogP contribution in [-0.4, -0.2) is 91.1 Å². The highest BCUT2D eigenvalue weighted by Gasteiger charge is 2.35. The van der Waals surface area contributed by atoms with Gasteiger partial charge in [-0.25, -0.2) is 0 Å². The number of anilines is 1. The molecule has 2 aromatic carbocycles. The number of benzene rings is 2. The van der Waals surface area contributed by atoms with Crippen LogP contribution in [0.15, 0.2) is 36.4 Å². The predicted molar refractivity (Wildman–Crippen MR) is 142 cm³/mol. The summed E-state index contributed by atoms with van der Waals surface area (Å²) in [7, 11) is 0. The molecule has 0 bridgehead atoms. The molecule has 2 N–H and O–H groups in total. The first-order valence-corrected chi connectivity index (χ1v) is 13.1. The van der Waals surface area contributed by atoms with Crippen LogP contribution in [0.1, 0.15) is 23.1 Å². The van der Waals surface area contributed by atoms with Crippen LogP contribution in [0.4, 0.5) is 5.69 Å². The van der Waals surface area contributed by atoms with Gasteiger partial charge in [0.05, 0.1) is 13.0 Å². The number of hydrogen-bond donors (Lipinski definition) is 2. The molecule has 0 unspecified atom stereocenters. The second-order valence-corrected chi connectivity index (χ2v) is 10.2. The minimum absolute atomic E-state index is 0.0756. The van der Waals surface area contributed by atoms with Crippen molar-refractivity contribution in [1.29, 1.82) is 0 Å². The van der Waals surface area contributed by atoms with Crippen molar-refractivity contribution in [3.8, 4) is 11.5 Å². The summed E-state index contributed by atoms with van der Waals surface area (Å²) in [4.78, 5) is 44.7. The van der Waals surface area contributed by atoms with Crippen molar-refractivity contribution in [1.82, 2.24) is 20.0 Å². The van der Waals surface area contributed by atoms with Gasteiger partial charge in [-0.05, 0) is 54.8 Å². The Balaban J connectivity index is 1.12. The molecule has 0 radical (unpaired) electrons. The molecule has 10 heteroatoms. The largest absolute Gasteiger partial charge is 0.454 e. The Bertz CT molecular complexity index is 1210. The number of ether oxygens (including phenoxy) is 2. The number of fused-ring (bicyclic) bond motifs is 1. The molecule has 202 valence electrons. The SMILES string of the molecule is Cc1ccc(NC(=O)C[C@@H]2C(=O)NCCN2C(=O)CN2CCN(Cc3ccc4c(c3)OCO4)CC2)cc1C. The molecule has 0 spiro atoms. The van der Waals surface area contributed by atoms with Crippen LogP contribution in [0.25, 0.3) is 0 Å². The number of nitrogens with one attached hydrogen (secondary N) is 2. The van der Waals surface area contributed by atoms with Gasteiger partial charge in [-0.3, -0.25) is 24.2 Å². The molecule has 2 fully saturated rings. The van der Waals surface area contributed by atoms with Gasteiger partial charge in [0, 0.05) is 51.5 Å². The smallest absolute Gasteiger partial charge is 0.243 e. The van der Waals surface area contributed by atoms with E-state index in [2.05, 4.69) is 26.5 Å². The first kappa shape index (κ1) is 26.0. The van der Waals surface area contributed by atoms with Crippen molar-refractivity contribution >= 4 is 23.4 Å². The Morgan fingerprint density at radius 2 is 1.71 bits per heavy atom. The first-order chi connectivity index (χ1) is 18.4. The zero-order valence-corrected chi connectivity index (χ0v) is 22.0. The highest BCUT2D eigenvalue weighted by atomic mass is 16.7. The summed E-state index contributed by atoms with van der Waals surface area (Å²) in [5, 5.41) is 5.67. The van der Waals surface area contributed by atoms with Crippen molar-refractivity contribution in [2.45, 2.75) is 32.9 Å². The number of amides is 3. The van der Waals surface area contributed by atoms with E-state index >= 15 is 0 Å². The van der Waals surface area contributed by atoms with Crippen LogP contribution in [0, 0.1) is 13.8 Å². The highest BCUT2D eigenvalue weighted by molar-refractivity contribution is 5.97. The van der Waals surface area contributed by atoms with Crippen LogP contribution in [-0.2, 0) is 20.9 Å². The number of hydrogen-bond acceptors (Lipinski definition) is 7. The van der Waals surface area contributed by atoms with E-state index in [1.54, 1.807) is 4.90 Å². The Kier molecular flexibility index (Phi) is 7.80. The van der Waals surface area contributed by atoms with Gasteiger partial charge >= 0.3 is 0 Å². The summed E-state index contributed by atoms with van der Waals surface area (Å²) < 4.78 is 10.9. The topological polar surface area (TPSA) is 103 Å². The lowest BCUT2D eigenvalue weighted by Gasteiger charge is -2.38. The van der Waals surface area contributed by atoms with Gasteiger partial charge in [0.25, 0.3) is 0 Å². The summed E-state index contributed by atoms with van der Waals surface area (Å²) in [5.41, 5.74) is 4.07. The maximum absolute atomic E-state index is 13.3. The first-order valence-electron chi connectivity index (χ1n) is 13.1. The van der Waals surface area contributed by atoms with Crippen molar-refractivity contribution in [2.75, 3.05) is 57.9 Å². The van der Waals surface area contributed by atoms with Crippen LogP contribution < -0.4 is 20.1 Å². The molecule has 3 amide bonds. The van der Waals surface area contributed by atoms with E-state index in [0.29, 0.717) is 18.8 Å². The average Bonchev–Trinajstić information content (AvgIpc) is 3.36. The summed E-state index contributed by atoms with van der Waals surface area (Å²) in [6, 6.07) is 10.9. The predicted octanol–water partition coefficient (Wildman–Crippen LogP) is 1.51. The maximum Gasteiger partial charge on any atom is 0.243 e. The molecule has 2 saturated heterocycles. The van der Waals surface area contributed by atoms with E-state index in [9.17, 15) is 14.4 Å². The quantitative estimate of drug-likeness (QED) is 0.569. The van der Waals surface area contributed by atoms with E-state index in [1.165, 1.54) is 5.56 Å². The molecule has 1 atom stereocenters. The minimum Gasteiger partial charge on any atom is -0.454 e. The maximum atomic E-state index is 13.3. The van der Waals surface area contributed by atoms with Gasteiger partial charge in [0.15, 0.2) is 11.5 Å². The summed E-state index contributed by atoms with van der Waals surface area (Å²) in [5.74, 6) is 0.880. The second kappa shape index (κ2) is 11.4. The van der Waals surface area contributed by atoms with Gasteiger partial charge in [-0.15, -0.1) is 0 Å². The van der Waals surface area contributed by atoms with Crippen molar-refractivity contribution in [3.05, 3.63) is 53.1 Å². The summed E-state index contributed by atoms with van der Waals surface area (Å²) in [6.45, 7) is 9.29. The number of piperazine rings is 2. The zero-order valence-electron chi connectivity index (χ0n) is 22.0. The Morgan fingerprint density at radius 3 is 2.50 bits per heavy atom. The third-order valence-corrected chi connectivity index (χ3v) is 7.49. The molecule has 2 aromatic rings. The van der Waals surface area contributed by atoms with Gasteiger partial charge in [0.2, 0.25) is 24.5 Å². The van der Waals surface area contributed by atoms with Crippen molar-refractivity contribution in [2.24, 2.45) is 0 Å². The lowest BCUT2D eigenvalue weighted by molar-refractivity contribution is -0.145. The molecular weight excluding hydrogens is 486 g/mol. The van der Waals surface area contributed by atoms with E-state index in [-0.39, 0.29) is 37.5 Å². The lowest BCUT2D eigenvalue weighted by Crippen LogP contribution is -2.60. The zero-order chi connectivity index (χ0) is 26.6. The van der Waals surface area contributed by atoms with Crippen LogP contribution in [0.2, 0.25) is 0 Å². The van der Waals surface area contributed by atoms with Crippen molar-refractivity contribution < 1.29 is 23.9 Å². The van der Waals surface area contributed by atoms with Crippen LogP contribution >= 0.6 is 0 Å². The number of rotatable bonds is 7. The monoisotopic (exact) mass is 521 g/mol. The minimum atomic E-state index is -0.810. The van der Waals surface area contributed by atoms with Crippen LogP contribution in [0.5, 0.6) is 11.5 Å². The molecule has 3 heterocycles. The molecule has 5 rings (SSSR count). The molecular formula is C28H35N5O5. The van der Waals surface area contributed by atoms with Gasteiger partial charge in [-0.2, -0.15) is 0 Å². The summed E-state index contributed by atoms with van der Waals surface area (Å²) >= 11 is 0. The average molecular weight is 522 g/mol. The van der Waals surface area contributed by atoms with E-state index in [0.717, 1.165) is 55.3 Å². The molecule has 38 heavy (non-hydrogen) atoms. The Morgan fingerprint density at radius 1 is 0.947 bits per heavy atom. The van der Waals surface area contributed by atoms with Gasteiger partial charge in [0.1, 0.15) is 6.04 Å². The fourth-order valence-electron chi connectivity index (χ4n) is 5.11. The normalized spacial score (nSPS) is 19.8. The number of aryl methyl sites for hydroxylation is 2. The lowest BCUT2D eigenvalue weighted by atomic mass is 10.1. The Labute approximate surface area is 222 Å². The second-order valence-electron chi connectivity index (χ2n) is 10.2. The molecule has 10 nitrogen and oxygen atoms in total. The third kappa shape index (κ3) is 6.08. The number of carbonyl (C=O) groups excluding carboxylic acids is 3. The van der Waals surface area contributed by atoms with E-state index < -0.39 is 6.04 Å².